The van der Waals surface area contributed by atoms with Crippen molar-refractivity contribution >= 4 is 41.5 Å². The molecule has 10 N–H and O–H groups in total. The van der Waals surface area contributed by atoms with Gasteiger partial charge in [-0.2, -0.15) is 0 Å². The van der Waals surface area contributed by atoms with Crippen molar-refractivity contribution in [2.75, 3.05) is 19.6 Å². The van der Waals surface area contributed by atoms with Gasteiger partial charge in [0.1, 0.15) is 30.2 Å². The fraction of sp³-hybridized carbons (Fsp3) is 0.781. The summed E-state index contributed by atoms with van der Waals surface area (Å²) in [6.45, 7) is 11.8. The van der Waals surface area contributed by atoms with Crippen LogP contribution in [0.1, 0.15) is 86.5 Å². The minimum absolute atomic E-state index is 0.0772. The first kappa shape index (κ1) is 40.2. The summed E-state index contributed by atoms with van der Waals surface area (Å²) in [5, 5.41) is 17.8. The van der Waals surface area contributed by atoms with Gasteiger partial charge in [-0.05, 0) is 62.7 Å². The molecule has 2 fully saturated rings. The maximum atomic E-state index is 13.9. The predicted octanol–water partition coefficient (Wildman–Crippen LogP) is -0.754. The Kier molecular flexibility index (Phi) is 15.5. The molecule has 0 aromatic heterocycles. The zero-order chi connectivity index (χ0) is 36.3. The summed E-state index contributed by atoms with van der Waals surface area (Å²) < 4.78 is 0. The van der Waals surface area contributed by atoms with E-state index >= 15 is 0 Å². The fourth-order valence-electron chi connectivity index (χ4n) is 6.04. The van der Waals surface area contributed by atoms with Crippen molar-refractivity contribution < 1.29 is 33.9 Å². The summed E-state index contributed by atoms with van der Waals surface area (Å²) in [4.78, 5) is 85.9. The third kappa shape index (κ3) is 11.3. The molecule has 2 heterocycles. The van der Waals surface area contributed by atoms with Crippen molar-refractivity contribution in [3.05, 3.63) is 0 Å². The van der Waals surface area contributed by atoms with E-state index in [1.165, 1.54) is 9.80 Å². The Bertz CT molecular complexity index is 1190. The highest BCUT2D eigenvalue weighted by Crippen LogP contribution is 2.24. The van der Waals surface area contributed by atoms with Gasteiger partial charge in [-0.1, -0.05) is 41.5 Å². The van der Waals surface area contributed by atoms with Crippen molar-refractivity contribution in [1.29, 1.82) is 0 Å². The Morgan fingerprint density at radius 3 is 1.81 bits per heavy atom. The zero-order valence-corrected chi connectivity index (χ0v) is 29.2. The molecule has 0 aromatic rings. The highest BCUT2D eigenvalue weighted by molar-refractivity contribution is 5.97. The van der Waals surface area contributed by atoms with Crippen molar-refractivity contribution in [2.24, 2.45) is 39.9 Å². The van der Waals surface area contributed by atoms with E-state index in [2.05, 4.69) is 20.9 Å². The van der Waals surface area contributed by atoms with Crippen molar-refractivity contribution in [3.63, 3.8) is 0 Å². The van der Waals surface area contributed by atoms with Crippen molar-refractivity contribution in [2.45, 2.75) is 123 Å². The second-order valence-corrected chi connectivity index (χ2v) is 13.9. The van der Waals surface area contributed by atoms with Crippen LogP contribution in [0.2, 0.25) is 0 Å². The number of hydrogen-bond acceptors (Lipinski definition) is 8. The molecule has 5 amide bonds. The van der Waals surface area contributed by atoms with Gasteiger partial charge >= 0.3 is 5.97 Å². The maximum Gasteiger partial charge on any atom is 0.326 e. The van der Waals surface area contributed by atoms with E-state index in [9.17, 15) is 33.9 Å². The second-order valence-electron chi connectivity index (χ2n) is 13.9. The standard InChI is InChI=1S/C32H57N9O7/c1-17(2)16-21(38-28(44)24(33)18(3)4)29(45)40-14-8-12-23(40)27(43)39-25(19(5)6)30(46)41-15-9-11-22(41)26(42)37-20(31(47)48)10-7-13-36-32(34)35/h17-25H,7-16,33H2,1-6H3,(H,37,42)(H,38,44)(H,39,43)(H,47,48)(H4,34,35,36)/t20-,21-,22-,23-,24-,25-/m0/s1. The molecular formula is C32H57N9O7. The molecule has 0 aliphatic carbocycles. The van der Waals surface area contributed by atoms with Crippen LogP contribution in [0.4, 0.5) is 0 Å². The molecule has 48 heavy (non-hydrogen) atoms. The minimum Gasteiger partial charge on any atom is -0.480 e. The summed E-state index contributed by atoms with van der Waals surface area (Å²) >= 11 is 0. The van der Waals surface area contributed by atoms with E-state index in [1.54, 1.807) is 13.8 Å². The molecule has 16 heteroatoms. The summed E-state index contributed by atoms with van der Waals surface area (Å²) in [5.74, 6) is -4.09. The number of carbonyl (C=O) groups excluding carboxylic acids is 5. The highest BCUT2D eigenvalue weighted by atomic mass is 16.4. The summed E-state index contributed by atoms with van der Waals surface area (Å²) in [5.41, 5.74) is 16.7. The Labute approximate surface area is 283 Å². The van der Waals surface area contributed by atoms with Gasteiger partial charge in [0.2, 0.25) is 29.5 Å². The fourth-order valence-corrected chi connectivity index (χ4v) is 6.04. The largest absolute Gasteiger partial charge is 0.480 e. The lowest BCUT2D eigenvalue weighted by Gasteiger charge is -2.33. The number of nitrogens with two attached hydrogens (primary N) is 3. The summed E-state index contributed by atoms with van der Waals surface area (Å²) in [6.07, 6.45) is 2.60. The second kappa shape index (κ2) is 18.6. The van der Waals surface area contributed by atoms with Gasteiger partial charge < -0.3 is 48.1 Å². The van der Waals surface area contributed by atoms with Gasteiger partial charge in [-0.15, -0.1) is 0 Å². The number of likely N-dealkylation sites (tertiary alicyclic amines) is 2. The third-order valence-corrected chi connectivity index (χ3v) is 8.81. The minimum atomic E-state index is -1.22. The van der Waals surface area contributed by atoms with Crippen LogP contribution in [0, 0.1) is 17.8 Å². The van der Waals surface area contributed by atoms with E-state index in [4.69, 9.17) is 17.2 Å². The molecule has 0 saturated carbocycles. The van der Waals surface area contributed by atoms with Crippen LogP contribution < -0.4 is 33.2 Å². The Balaban J connectivity index is 2.16. The van der Waals surface area contributed by atoms with Gasteiger partial charge in [-0.3, -0.25) is 29.0 Å². The number of nitrogens with zero attached hydrogens (tertiary/aromatic N) is 3. The number of hydrogen-bond donors (Lipinski definition) is 7. The number of carboxylic acid groups (broad SMARTS) is 1. The molecule has 2 rings (SSSR count). The molecule has 2 aliphatic rings. The van der Waals surface area contributed by atoms with Gasteiger partial charge in [0.15, 0.2) is 5.96 Å². The highest BCUT2D eigenvalue weighted by Gasteiger charge is 2.43. The lowest BCUT2D eigenvalue weighted by molar-refractivity contribution is -0.146. The number of rotatable bonds is 17. The average molecular weight is 680 g/mol. The number of aliphatic carboxylic acids is 1. The van der Waals surface area contributed by atoms with Gasteiger partial charge in [0.25, 0.3) is 0 Å². The van der Waals surface area contributed by atoms with Crippen LogP contribution in [-0.2, 0) is 28.8 Å². The van der Waals surface area contributed by atoms with Gasteiger partial charge in [0, 0.05) is 19.6 Å². The van der Waals surface area contributed by atoms with Gasteiger partial charge in [-0.25, -0.2) is 4.79 Å². The smallest absolute Gasteiger partial charge is 0.326 e. The number of amides is 5. The van der Waals surface area contributed by atoms with E-state index in [0.29, 0.717) is 45.1 Å². The normalized spacial score (nSPS) is 20.3. The summed E-state index contributed by atoms with van der Waals surface area (Å²) in [6, 6.07) is -5.58. The van der Waals surface area contributed by atoms with E-state index < -0.39 is 65.8 Å². The van der Waals surface area contributed by atoms with E-state index in [1.807, 2.05) is 27.7 Å². The molecular weight excluding hydrogens is 622 g/mol. The maximum absolute atomic E-state index is 13.9. The first-order chi connectivity index (χ1) is 22.5. The molecule has 0 unspecified atom stereocenters. The molecule has 6 atom stereocenters. The third-order valence-electron chi connectivity index (χ3n) is 8.81. The monoisotopic (exact) mass is 679 g/mol. The number of nitrogens with one attached hydrogen (secondary N) is 3. The number of carboxylic acids is 1. The van der Waals surface area contributed by atoms with Crippen LogP contribution in [-0.4, -0.2) is 112 Å². The van der Waals surface area contributed by atoms with E-state index in [0.717, 1.165) is 0 Å². The Hall–Kier alpha value is -3.95. The Morgan fingerprint density at radius 1 is 0.792 bits per heavy atom. The molecule has 272 valence electrons. The molecule has 2 saturated heterocycles. The molecule has 0 bridgehead atoms. The van der Waals surface area contributed by atoms with E-state index in [-0.39, 0.29) is 49.1 Å². The average Bonchev–Trinajstić information content (AvgIpc) is 3.69. The summed E-state index contributed by atoms with van der Waals surface area (Å²) in [7, 11) is 0. The number of aliphatic imine (C=N–C) groups is 1. The molecule has 16 nitrogen and oxygen atoms in total. The first-order valence-electron chi connectivity index (χ1n) is 17.0. The predicted molar refractivity (Wildman–Crippen MR) is 180 cm³/mol. The zero-order valence-electron chi connectivity index (χ0n) is 29.2. The molecule has 0 spiro atoms. The van der Waals surface area contributed by atoms with Crippen LogP contribution in [0.25, 0.3) is 0 Å². The van der Waals surface area contributed by atoms with Crippen LogP contribution in [0.3, 0.4) is 0 Å². The topological polar surface area (TPSA) is 256 Å². The molecule has 0 aromatic carbocycles. The van der Waals surface area contributed by atoms with Crippen LogP contribution in [0.5, 0.6) is 0 Å². The lowest BCUT2D eigenvalue weighted by atomic mass is 9.99. The van der Waals surface area contributed by atoms with Crippen LogP contribution >= 0.6 is 0 Å². The molecule has 2 aliphatic heterocycles. The van der Waals surface area contributed by atoms with Gasteiger partial charge in [0.05, 0.1) is 6.04 Å². The molecule has 0 radical (unpaired) electrons. The number of guanidine groups is 1. The SMILES string of the molecule is CC(C)C[C@H](NC(=O)[C@@H](N)C(C)C)C(=O)N1CCC[C@H]1C(=O)N[C@H](C(=O)N1CCC[C@H]1C(=O)N[C@@H](CCCN=C(N)N)C(=O)O)C(C)C. The van der Waals surface area contributed by atoms with Crippen LogP contribution in [0.15, 0.2) is 4.99 Å². The van der Waals surface area contributed by atoms with Crippen molar-refractivity contribution in [3.8, 4) is 0 Å². The number of carbonyl (C=O) groups is 6. The Morgan fingerprint density at radius 2 is 1.33 bits per heavy atom. The first-order valence-corrected chi connectivity index (χ1v) is 17.0. The van der Waals surface area contributed by atoms with Crippen molar-refractivity contribution in [1.82, 2.24) is 25.8 Å². The lowest BCUT2D eigenvalue weighted by Crippen LogP contribution is -2.60. The quantitative estimate of drug-likeness (QED) is 0.0575.